The molecule has 1 amide bonds. The Kier molecular flexibility index (Phi) is 5.37. The maximum absolute atomic E-state index is 12.3. The summed E-state index contributed by atoms with van der Waals surface area (Å²) in [7, 11) is 1.68. The van der Waals surface area contributed by atoms with Crippen molar-refractivity contribution in [2.24, 2.45) is 5.92 Å². The third kappa shape index (κ3) is 3.78. The van der Waals surface area contributed by atoms with Crippen molar-refractivity contribution < 1.29 is 9.59 Å². The van der Waals surface area contributed by atoms with Gasteiger partial charge in [0.15, 0.2) is 0 Å². The van der Waals surface area contributed by atoms with Crippen LogP contribution in [0.3, 0.4) is 0 Å². The molecule has 1 unspecified atom stereocenters. The van der Waals surface area contributed by atoms with E-state index in [0.29, 0.717) is 12.3 Å². The van der Waals surface area contributed by atoms with Crippen LogP contribution in [0.25, 0.3) is 0 Å². The maximum atomic E-state index is 12.3. The Labute approximate surface area is 115 Å². The van der Waals surface area contributed by atoms with E-state index in [0.717, 1.165) is 38.6 Å². The molecular weight excluding hydrogens is 240 g/mol. The summed E-state index contributed by atoms with van der Waals surface area (Å²) in [6, 6.07) is -0.0914. The summed E-state index contributed by atoms with van der Waals surface area (Å²) in [6.07, 6.45) is 8.84. The first-order chi connectivity index (χ1) is 9.22. The molecule has 0 radical (unpaired) electrons. The topological polar surface area (TPSA) is 49.4 Å². The fourth-order valence-electron chi connectivity index (χ4n) is 3.40. The van der Waals surface area contributed by atoms with Gasteiger partial charge in [0, 0.05) is 13.0 Å². The molecule has 1 aliphatic carbocycles. The van der Waals surface area contributed by atoms with Gasteiger partial charge in [-0.05, 0) is 32.2 Å². The first kappa shape index (κ1) is 14.5. The van der Waals surface area contributed by atoms with E-state index in [1.165, 1.54) is 19.3 Å². The fraction of sp³-hybridized carbons (Fsp3) is 0.867. The summed E-state index contributed by atoms with van der Waals surface area (Å²) < 4.78 is 0. The van der Waals surface area contributed by atoms with Crippen LogP contribution in [0, 0.1) is 5.92 Å². The van der Waals surface area contributed by atoms with Crippen LogP contribution in [0.5, 0.6) is 0 Å². The van der Waals surface area contributed by atoms with Crippen molar-refractivity contribution in [3.05, 3.63) is 0 Å². The minimum atomic E-state index is -0.0914. The standard InChI is InChI=1S/C15H26N2O2/c1-16-15(19)13-9-5-6-10-17(13)11-14(18)12-7-3-2-4-8-12/h12-13H,2-11H2,1H3,(H,16,19). The molecule has 1 atom stereocenters. The van der Waals surface area contributed by atoms with Crippen LogP contribution in [0.1, 0.15) is 51.4 Å². The van der Waals surface area contributed by atoms with E-state index < -0.39 is 0 Å². The smallest absolute Gasteiger partial charge is 0.237 e. The Bertz CT molecular complexity index is 324. The minimum Gasteiger partial charge on any atom is -0.358 e. The van der Waals surface area contributed by atoms with E-state index in [-0.39, 0.29) is 17.9 Å². The molecule has 1 aliphatic heterocycles. The second kappa shape index (κ2) is 7.04. The van der Waals surface area contributed by atoms with Gasteiger partial charge in [0.05, 0.1) is 12.6 Å². The lowest BCUT2D eigenvalue weighted by atomic mass is 9.85. The predicted octanol–water partition coefficient (Wildman–Crippen LogP) is 1.74. The molecule has 19 heavy (non-hydrogen) atoms. The molecule has 0 aromatic rings. The van der Waals surface area contributed by atoms with Crippen molar-refractivity contribution in [3.8, 4) is 0 Å². The molecule has 1 heterocycles. The van der Waals surface area contributed by atoms with E-state index in [9.17, 15) is 9.59 Å². The zero-order valence-electron chi connectivity index (χ0n) is 12.0. The van der Waals surface area contributed by atoms with Gasteiger partial charge in [0.1, 0.15) is 5.78 Å². The largest absolute Gasteiger partial charge is 0.358 e. The average molecular weight is 266 g/mol. The van der Waals surface area contributed by atoms with Crippen LogP contribution in [0.4, 0.5) is 0 Å². The van der Waals surface area contributed by atoms with Crippen molar-refractivity contribution in [2.45, 2.75) is 57.4 Å². The zero-order valence-corrected chi connectivity index (χ0v) is 12.0. The lowest BCUT2D eigenvalue weighted by Gasteiger charge is -2.35. The number of hydrogen-bond donors (Lipinski definition) is 1. The Hall–Kier alpha value is -0.900. The van der Waals surface area contributed by atoms with Crippen LogP contribution in [0.2, 0.25) is 0 Å². The number of amides is 1. The van der Waals surface area contributed by atoms with Gasteiger partial charge in [0.25, 0.3) is 0 Å². The molecule has 0 aromatic heterocycles. The summed E-state index contributed by atoms with van der Waals surface area (Å²) in [5.74, 6) is 0.674. The molecule has 0 spiro atoms. The number of carbonyl (C=O) groups is 2. The molecule has 1 N–H and O–H groups in total. The lowest BCUT2D eigenvalue weighted by Crippen LogP contribution is -2.51. The normalized spacial score (nSPS) is 26.1. The number of carbonyl (C=O) groups excluding carboxylic acids is 2. The highest BCUT2D eigenvalue weighted by Gasteiger charge is 2.31. The van der Waals surface area contributed by atoms with Gasteiger partial charge in [-0.3, -0.25) is 14.5 Å². The minimum absolute atomic E-state index is 0.0659. The van der Waals surface area contributed by atoms with Crippen molar-refractivity contribution in [2.75, 3.05) is 20.1 Å². The third-order valence-corrected chi connectivity index (χ3v) is 4.58. The summed E-state index contributed by atoms with van der Waals surface area (Å²) in [5, 5.41) is 2.73. The molecule has 2 aliphatic rings. The number of Topliss-reactive ketones (excluding diaryl/α,β-unsaturated/α-hetero) is 1. The van der Waals surface area contributed by atoms with Gasteiger partial charge in [-0.2, -0.15) is 0 Å². The Morgan fingerprint density at radius 1 is 1.05 bits per heavy atom. The van der Waals surface area contributed by atoms with Crippen molar-refractivity contribution >= 4 is 11.7 Å². The monoisotopic (exact) mass is 266 g/mol. The molecule has 4 heteroatoms. The first-order valence-electron chi connectivity index (χ1n) is 7.70. The van der Waals surface area contributed by atoms with Gasteiger partial charge >= 0.3 is 0 Å². The van der Waals surface area contributed by atoms with Crippen molar-refractivity contribution in [3.63, 3.8) is 0 Å². The van der Waals surface area contributed by atoms with Crippen LogP contribution in [-0.2, 0) is 9.59 Å². The quantitative estimate of drug-likeness (QED) is 0.843. The maximum Gasteiger partial charge on any atom is 0.237 e. The second-order valence-corrected chi connectivity index (χ2v) is 5.90. The first-order valence-corrected chi connectivity index (χ1v) is 7.70. The van der Waals surface area contributed by atoms with Gasteiger partial charge < -0.3 is 5.32 Å². The van der Waals surface area contributed by atoms with E-state index in [1.54, 1.807) is 7.05 Å². The van der Waals surface area contributed by atoms with Gasteiger partial charge in [0.2, 0.25) is 5.91 Å². The Morgan fingerprint density at radius 2 is 1.74 bits per heavy atom. The predicted molar refractivity (Wildman–Crippen MR) is 74.9 cm³/mol. The number of nitrogens with one attached hydrogen (secondary N) is 1. The summed E-state index contributed by atoms with van der Waals surface area (Å²) >= 11 is 0. The van der Waals surface area contributed by atoms with E-state index >= 15 is 0 Å². The van der Waals surface area contributed by atoms with E-state index in [2.05, 4.69) is 10.2 Å². The lowest BCUT2D eigenvalue weighted by molar-refractivity contribution is -0.131. The van der Waals surface area contributed by atoms with Gasteiger partial charge in [-0.25, -0.2) is 0 Å². The molecule has 108 valence electrons. The summed E-state index contributed by atoms with van der Waals surface area (Å²) in [4.78, 5) is 26.3. The number of hydrogen-bond acceptors (Lipinski definition) is 3. The number of nitrogens with zero attached hydrogens (tertiary/aromatic N) is 1. The van der Waals surface area contributed by atoms with E-state index in [4.69, 9.17) is 0 Å². The molecule has 2 fully saturated rings. The zero-order chi connectivity index (χ0) is 13.7. The molecular formula is C15H26N2O2. The SMILES string of the molecule is CNC(=O)C1CCCCN1CC(=O)C1CCCCC1. The molecule has 1 saturated carbocycles. The van der Waals surface area contributed by atoms with Crippen molar-refractivity contribution in [1.29, 1.82) is 0 Å². The molecule has 0 aromatic carbocycles. The van der Waals surface area contributed by atoms with Crippen LogP contribution in [0.15, 0.2) is 0 Å². The van der Waals surface area contributed by atoms with Crippen molar-refractivity contribution in [1.82, 2.24) is 10.2 Å². The average Bonchev–Trinajstić information content (AvgIpc) is 2.48. The highest BCUT2D eigenvalue weighted by molar-refractivity contribution is 5.85. The second-order valence-electron chi connectivity index (χ2n) is 5.90. The number of rotatable bonds is 4. The number of piperidine rings is 1. The summed E-state index contributed by atoms with van der Waals surface area (Å²) in [6.45, 7) is 1.36. The third-order valence-electron chi connectivity index (χ3n) is 4.58. The number of likely N-dealkylation sites (tertiary alicyclic amines) is 1. The van der Waals surface area contributed by atoms with Crippen LogP contribution < -0.4 is 5.32 Å². The molecule has 1 saturated heterocycles. The molecule has 2 rings (SSSR count). The summed E-state index contributed by atoms with van der Waals surface area (Å²) in [5.41, 5.74) is 0. The highest BCUT2D eigenvalue weighted by Crippen LogP contribution is 2.25. The van der Waals surface area contributed by atoms with Gasteiger partial charge in [-0.1, -0.05) is 25.7 Å². The van der Waals surface area contributed by atoms with Crippen LogP contribution >= 0.6 is 0 Å². The van der Waals surface area contributed by atoms with E-state index in [1.807, 2.05) is 0 Å². The number of likely N-dealkylation sites (N-methyl/N-ethyl adjacent to an activating group) is 1. The Balaban J connectivity index is 1.91. The van der Waals surface area contributed by atoms with Gasteiger partial charge in [-0.15, -0.1) is 0 Å². The highest BCUT2D eigenvalue weighted by atomic mass is 16.2. The number of ketones is 1. The fourth-order valence-corrected chi connectivity index (χ4v) is 3.40. The molecule has 0 bridgehead atoms. The van der Waals surface area contributed by atoms with Crippen LogP contribution in [-0.4, -0.2) is 42.8 Å². The molecule has 4 nitrogen and oxygen atoms in total. The Morgan fingerprint density at radius 3 is 2.42 bits per heavy atom.